The van der Waals surface area contributed by atoms with Crippen LogP contribution in [0, 0.1) is 5.41 Å². The fourth-order valence-corrected chi connectivity index (χ4v) is 2.57. The minimum absolute atomic E-state index is 0.153. The number of likely N-dealkylation sites (N-methyl/N-ethyl adjacent to an activating group) is 1. The fraction of sp³-hybridized carbons (Fsp3) is 0.632. The number of nitrogens with one attached hydrogen (secondary N) is 1. The normalized spacial score (nSPS) is 13.2. The van der Waals surface area contributed by atoms with E-state index in [-0.39, 0.29) is 11.3 Å². The molecule has 0 fully saturated rings. The summed E-state index contributed by atoms with van der Waals surface area (Å²) in [5, 5.41) is 3.16. The molecule has 0 bridgehead atoms. The molecule has 3 heteroatoms. The standard InChI is InChI=1S/C19H32N2O/c1-6-19(4,5)18(22)20-15-17(21(7-2)8-3)14-16-12-10-9-11-13-16/h9-13,17H,6-8,14-15H2,1-5H3,(H,20,22). The molecule has 0 saturated heterocycles. The summed E-state index contributed by atoms with van der Waals surface area (Å²) >= 11 is 0. The highest BCUT2D eigenvalue weighted by Gasteiger charge is 2.26. The van der Waals surface area contributed by atoms with Crippen molar-refractivity contribution in [3.63, 3.8) is 0 Å². The van der Waals surface area contributed by atoms with Gasteiger partial charge in [0.2, 0.25) is 5.91 Å². The van der Waals surface area contributed by atoms with Gasteiger partial charge in [-0.2, -0.15) is 0 Å². The van der Waals surface area contributed by atoms with Crippen LogP contribution < -0.4 is 5.32 Å². The average molecular weight is 304 g/mol. The van der Waals surface area contributed by atoms with Crippen molar-refractivity contribution in [3.05, 3.63) is 35.9 Å². The minimum Gasteiger partial charge on any atom is -0.354 e. The molecule has 0 spiro atoms. The number of hydrogen-bond acceptors (Lipinski definition) is 2. The van der Waals surface area contributed by atoms with E-state index in [1.54, 1.807) is 0 Å². The molecule has 0 aliphatic heterocycles. The lowest BCUT2D eigenvalue weighted by Crippen LogP contribution is -2.47. The zero-order chi connectivity index (χ0) is 16.6. The van der Waals surface area contributed by atoms with Crippen LogP contribution in [0.1, 0.15) is 46.6 Å². The number of benzene rings is 1. The van der Waals surface area contributed by atoms with Crippen LogP contribution in [0.2, 0.25) is 0 Å². The van der Waals surface area contributed by atoms with Gasteiger partial charge in [0.25, 0.3) is 0 Å². The molecule has 0 aliphatic carbocycles. The van der Waals surface area contributed by atoms with Gasteiger partial charge >= 0.3 is 0 Å². The van der Waals surface area contributed by atoms with Crippen molar-refractivity contribution < 1.29 is 4.79 Å². The molecule has 1 N–H and O–H groups in total. The van der Waals surface area contributed by atoms with Gasteiger partial charge in [0.1, 0.15) is 0 Å². The quantitative estimate of drug-likeness (QED) is 0.757. The summed E-state index contributed by atoms with van der Waals surface area (Å²) in [5.74, 6) is 0.153. The molecule has 0 aromatic heterocycles. The molecule has 1 amide bonds. The van der Waals surface area contributed by atoms with E-state index in [0.29, 0.717) is 12.6 Å². The predicted molar refractivity (Wildman–Crippen MR) is 93.9 cm³/mol. The Morgan fingerprint density at radius 1 is 1.14 bits per heavy atom. The zero-order valence-electron chi connectivity index (χ0n) is 14.9. The van der Waals surface area contributed by atoms with Gasteiger partial charge in [0.05, 0.1) is 0 Å². The number of hydrogen-bond donors (Lipinski definition) is 1. The molecular formula is C19H32N2O. The first-order chi connectivity index (χ1) is 10.4. The first-order valence-corrected chi connectivity index (χ1v) is 8.50. The summed E-state index contributed by atoms with van der Waals surface area (Å²) in [6.07, 6.45) is 1.82. The predicted octanol–water partition coefficient (Wildman–Crippen LogP) is 3.49. The van der Waals surface area contributed by atoms with Crippen LogP contribution in [0.25, 0.3) is 0 Å². The van der Waals surface area contributed by atoms with Crippen LogP contribution in [-0.4, -0.2) is 36.5 Å². The monoisotopic (exact) mass is 304 g/mol. The van der Waals surface area contributed by atoms with Gasteiger partial charge in [-0.3, -0.25) is 9.69 Å². The largest absolute Gasteiger partial charge is 0.354 e. The molecule has 1 aromatic rings. The molecule has 0 aliphatic rings. The molecule has 1 atom stereocenters. The van der Waals surface area contributed by atoms with Crippen molar-refractivity contribution in [3.8, 4) is 0 Å². The number of nitrogens with zero attached hydrogens (tertiary/aromatic N) is 1. The summed E-state index contributed by atoms with van der Waals surface area (Å²) in [7, 11) is 0. The lowest BCUT2D eigenvalue weighted by atomic mass is 9.89. The van der Waals surface area contributed by atoms with E-state index in [1.807, 2.05) is 19.9 Å². The maximum absolute atomic E-state index is 12.3. The van der Waals surface area contributed by atoms with E-state index in [9.17, 15) is 4.79 Å². The van der Waals surface area contributed by atoms with Gasteiger partial charge in [-0.1, -0.05) is 65.0 Å². The van der Waals surface area contributed by atoms with Gasteiger partial charge in [-0.15, -0.1) is 0 Å². The second-order valence-corrected chi connectivity index (χ2v) is 6.51. The summed E-state index contributed by atoms with van der Waals surface area (Å²) in [5.41, 5.74) is 1.03. The van der Waals surface area contributed by atoms with Crippen molar-refractivity contribution in [2.24, 2.45) is 5.41 Å². The Labute approximate surface area is 136 Å². The van der Waals surface area contributed by atoms with Crippen LogP contribution >= 0.6 is 0 Å². The maximum Gasteiger partial charge on any atom is 0.225 e. The lowest BCUT2D eigenvalue weighted by molar-refractivity contribution is -0.129. The van der Waals surface area contributed by atoms with E-state index in [1.165, 1.54) is 5.56 Å². The van der Waals surface area contributed by atoms with E-state index in [0.717, 1.165) is 25.9 Å². The second kappa shape index (κ2) is 8.94. The lowest BCUT2D eigenvalue weighted by Gasteiger charge is -2.31. The minimum atomic E-state index is -0.291. The molecule has 1 rings (SSSR count). The van der Waals surface area contributed by atoms with Gasteiger partial charge in [0.15, 0.2) is 0 Å². The van der Waals surface area contributed by atoms with Crippen LogP contribution in [0.4, 0.5) is 0 Å². The second-order valence-electron chi connectivity index (χ2n) is 6.51. The van der Waals surface area contributed by atoms with Crippen LogP contribution in [0.3, 0.4) is 0 Å². The van der Waals surface area contributed by atoms with Gasteiger partial charge in [0, 0.05) is 18.0 Å². The molecule has 0 saturated carbocycles. The van der Waals surface area contributed by atoms with Crippen molar-refractivity contribution in [2.75, 3.05) is 19.6 Å². The highest BCUT2D eigenvalue weighted by molar-refractivity contribution is 5.81. The average Bonchev–Trinajstić information content (AvgIpc) is 2.54. The summed E-state index contributed by atoms with van der Waals surface area (Å²) in [6.45, 7) is 13.1. The van der Waals surface area contributed by atoms with E-state index in [2.05, 4.69) is 55.3 Å². The zero-order valence-corrected chi connectivity index (χ0v) is 14.9. The maximum atomic E-state index is 12.3. The Bertz CT molecular complexity index is 438. The smallest absolute Gasteiger partial charge is 0.225 e. The Kier molecular flexibility index (Phi) is 7.60. The third kappa shape index (κ3) is 5.45. The molecule has 3 nitrogen and oxygen atoms in total. The highest BCUT2D eigenvalue weighted by atomic mass is 16.2. The molecule has 0 radical (unpaired) electrons. The summed E-state index contributed by atoms with van der Waals surface area (Å²) < 4.78 is 0. The van der Waals surface area contributed by atoms with E-state index >= 15 is 0 Å². The summed E-state index contributed by atoms with van der Waals surface area (Å²) in [4.78, 5) is 14.7. The van der Waals surface area contributed by atoms with Crippen LogP contribution in [0.5, 0.6) is 0 Å². The van der Waals surface area contributed by atoms with Crippen molar-refractivity contribution in [1.29, 1.82) is 0 Å². The first-order valence-electron chi connectivity index (χ1n) is 8.50. The fourth-order valence-electron chi connectivity index (χ4n) is 2.57. The van der Waals surface area contributed by atoms with E-state index in [4.69, 9.17) is 0 Å². The Morgan fingerprint density at radius 3 is 2.23 bits per heavy atom. The third-order valence-electron chi connectivity index (χ3n) is 4.64. The van der Waals surface area contributed by atoms with Crippen molar-refractivity contribution in [1.82, 2.24) is 10.2 Å². The van der Waals surface area contributed by atoms with Crippen molar-refractivity contribution in [2.45, 2.75) is 53.5 Å². The van der Waals surface area contributed by atoms with Gasteiger partial charge < -0.3 is 5.32 Å². The van der Waals surface area contributed by atoms with E-state index < -0.39 is 0 Å². The molecular weight excluding hydrogens is 272 g/mol. The Hall–Kier alpha value is -1.35. The molecule has 0 heterocycles. The van der Waals surface area contributed by atoms with Gasteiger partial charge in [-0.25, -0.2) is 0 Å². The van der Waals surface area contributed by atoms with Crippen LogP contribution in [-0.2, 0) is 11.2 Å². The number of carbonyl (C=O) groups is 1. The van der Waals surface area contributed by atoms with Crippen molar-refractivity contribution >= 4 is 5.91 Å². The molecule has 124 valence electrons. The third-order valence-corrected chi connectivity index (χ3v) is 4.64. The highest BCUT2D eigenvalue weighted by Crippen LogP contribution is 2.19. The Balaban J connectivity index is 2.72. The first kappa shape index (κ1) is 18.7. The SMILES string of the molecule is CCN(CC)C(CNC(=O)C(C)(C)CC)Cc1ccccc1. The molecule has 1 aromatic carbocycles. The summed E-state index contributed by atoms with van der Waals surface area (Å²) in [6, 6.07) is 10.9. The number of rotatable bonds is 9. The molecule has 1 unspecified atom stereocenters. The topological polar surface area (TPSA) is 32.3 Å². The van der Waals surface area contributed by atoms with Crippen LogP contribution in [0.15, 0.2) is 30.3 Å². The number of amides is 1. The van der Waals surface area contributed by atoms with Gasteiger partial charge in [-0.05, 0) is 31.5 Å². The molecule has 22 heavy (non-hydrogen) atoms. The Morgan fingerprint density at radius 2 is 1.73 bits per heavy atom. The number of carbonyl (C=O) groups excluding carboxylic acids is 1.